The van der Waals surface area contributed by atoms with Crippen LogP contribution in [0.15, 0.2) is 53.9 Å². The maximum atomic E-state index is 12.2. The number of carbonyl (C=O) groups excluding carboxylic acids is 1. The number of hydrogen-bond donors (Lipinski definition) is 1. The molecular weight excluding hydrogens is 427 g/mol. The van der Waals surface area contributed by atoms with Gasteiger partial charge in [0.15, 0.2) is 5.13 Å². The molecule has 0 aliphatic heterocycles. The number of amides is 1. The number of ether oxygens (including phenoxy) is 1. The maximum Gasteiger partial charge on any atom is 0.250 e. The van der Waals surface area contributed by atoms with Gasteiger partial charge in [0.1, 0.15) is 5.75 Å². The number of nitrogens with zero attached hydrogens (tertiary/aromatic N) is 1. The molecule has 0 aliphatic carbocycles. The van der Waals surface area contributed by atoms with Crippen LogP contribution in [0.5, 0.6) is 5.75 Å². The lowest BCUT2D eigenvalue weighted by molar-refractivity contribution is -0.111. The highest BCUT2D eigenvalue weighted by molar-refractivity contribution is 7.14. The van der Waals surface area contributed by atoms with Crippen LogP contribution in [-0.4, -0.2) is 17.5 Å². The number of aromatic nitrogens is 1. The highest BCUT2D eigenvalue weighted by Gasteiger charge is 2.07. The van der Waals surface area contributed by atoms with Crippen molar-refractivity contribution in [3.63, 3.8) is 0 Å². The van der Waals surface area contributed by atoms with Crippen molar-refractivity contribution in [2.75, 3.05) is 11.9 Å². The number of carbonyl (C=O) groups is 1. The summed E-state index contributed by atoms with van der Waals surface area (Å²) in [6, 6.07) is 12.9. The van der Waals surface area contributed by atoms with E-state index < -0.39 is 0 Å². The minimum Gasteiger partial charge on any atom is -0.494 e. The summed E-state index contributed by atoms with van der Waals surface area (Å²) in [6.07, 6.45) is 5.20. The van der Waals surface area contributed by atoms with Crippen LogP contribution in [0.2, 0.25) is 10.0 Å². The van der Waals surface area contributed by atoms with E-state index in [-0.39, 0.29) is 5.91 Å². The van der Waals surface area contributed by atoms with Crippen LogP contribution in [0, 0.1) is 0 Å². The maximum absolute atomic E-state index is 12.2. The van der Waals surface area contributed by atoms with E-state index in [1.54, 1.807) is 24.3 Å². The molecule has 0 atom stereocenters. The molecule has 150 valence electrons. The molecule has 1 N–H and O–H groups in total. The summed E-state index contributed by atoms with van der Waals surface area (Å²) in [5, 5.41) is 6.23. The smallest absolute Gasteiger partial charge is 0.250 e. The molecule has 3 aromatic rings. The highest BCUT2D eigenvalue weighted by Crippen LogP contribution is 2.27. The number of hydrogen-bond acceptors (Lipinski definition) is 4. The second kappa shape index (κ2) is 10.4. The van der Waals surface area contributed by atoms with Gasteiger partial charge in [0.25, 0.3) is 0 Å². The molecule has 0 bridgehead atoms. The normalized spacial score (nSPS) is 11.0. The first-order chi connectivity index (χ1) is 14.0. The first-order valence-electron chi connectivity index (χ1n) is 9.18. The van der Waals surface area contributed by atoms with Crippen LogP contribution in [0.1, 0.15) is 25.3 Å². The van der Waals surface area contributed by atoms with Gasteiger partial charge in [0.2, 0.25) is 5.91 Å². The summed E-state index contributed by atoms with van der Waals surface area (Å²) >= 11 is 13.3. The molecular formula is C22H20Cl2N2O2S. The number of unbranched alkanes of at least 4 members (excludes halogenated alkanes) is 1. The van der Waals surface area contributed by atoms with E-state index in [0.717, 1.165) is 36.5 Å². The van der Waals surface area contributed by atoms with E-state index in [9.17, 15) is 4.79 Å². The van der Waals surface area contributed by atoms with Gasteiger partial charge in [-0.25, -0.2) is 4.98 Å². The Morgan fingerprint density at radius 2 is 2.00 bits per heavy atom. The first kappa shape index (κ1) is 21.4. The Morgan fingerprint density at radius 3 is 2.72 bits per heavy atom. The Morgan fingerprint density at radius 1 is 1.21 bits per heavy atom. The molecule has 1 heterocycles. The molecule has 0 spiro atoms. The number of thiazole rings is 1. The lowest BCUT2D eigenvalue weighted by atomic mass is 10.2. The average molecular weight is 447 g/mol. The SMILES string of the molecule is CCCCOc1ccc(-c2csc(NC(=O)C=Cc3ccc(Cl)cc3Cl)n2)cc1. The van der Waals surface area contributed by atoms with E-state index in [0.29, 0.717) is 20.7 Å². The molecule has 2 aromatic carbocycles. The van der Waals surface area contributed by atoms with E-state index in [4.69, 9.17) is 27.9 Å². The van der Waals surface area contributed by atoms with Gasteiger partial charge in [-0.15, -0.1) is 11.3 Å². The molecule has 0 saturated heterocycles. The fraction of sp³-hybridized carbons (Fsp3) is 0.182. The molecule has 0 fully saturated rings. The van der Waals surface area contributed by atoms with Crippen molar-refractivity contribution >= 4 is 51.7 Å². The number of rotatable bonds is 8. The molecule has 1 amide bonds. The van der Waals surface area contributed by atoms with Gasteiger partial charge < -0.3 is 4.74 Å². The van der Waals surface area contributed by atoms with Gasteiger partial charge in [0, 0.05) is 27.1 Å². The van der Waals surface area contributed by atoms with Crippen molar-refractivity contribution in [3.05, 3.63) is 69.5 Å². The Bertz CT molecular complexity index is 1000. The van der Waals surface area contributed by atoms with Gasteiger partial charge in [0.05, 0.1) is 12.3 Å². The van der Waals surface area contributed by atoms with E-state index in [1.165, 1.54) is 17.4 Å². The van der Waals surface area contributed by atoms with E-state index >= 15 is 0 Å². The quantitative estimate of drug-likeness (QED) is 0.300. The zero-order chi connectivity index (χ0) is 20.6. The molecule has 0 aliphatic rings. The zero-order valence-electron chi connectivity index (χ0n) is 15.8. The third-order valence-electron chi connectivity index (χ3n) is 4.03. The van der Waals surface area contributed by atoms with Crippen molar-refractivity contribution in [2.45, 2.75) is 19.8 Å². The number of halogens is 2. The van der Waals surface area contributed by atoms with Crippen LogP contribution in [0.25, 0.3) is 17.3 Å². The third-order valence-corrected chi connectivity index (χ3v) is 5.35. The average Bonchev–Trinajstić information content (AvgIpc) is 3.16. The summed E-state index contributed by atoms with van der Waals surface area (Å²) in [7, 11) is 0. The number of benzene rings is 2. The largest absolute Gasteiger partial charge is 0.494 e. The van der Waals surface area contributed by atoms with Crippen LogP contribution >= 0.6 is 34.5 Å². The zero-order valence-corrected chi connectivity index (χ0v) is 18.2. The Hall–Kier alpha value is -2.34. The topological polar surface area (TPSA) is 51.2 Å². The molecule has 1 aromatic heterocycles. The Labute approximate surface area is 184 Å². The molecule has 0 radical (unpaired) electrons. The summed E-state index contributed by atoms with van der Waals surface area (Å²) in [5.41, 5.74) is 2.48. The van der Waals surface area contributed by atoms with Crippen molar-refractivity contribution in [2.24, 2.45) is 0 Å². The molecule has 0 unspecified atom stereocenters. The third kappa shape index (κ3) is 6.32. The minimum absolute atomic E-state index is 0.281. The van der Waals surface area contributed by atoms with Gasteiger partial charge >= 0.3 is 0 Å². The highest BCUT2D eigenvalue weighted by atomic mass is 35.5. The molecule has 3 rings (SSSR count). The summed E-state index contributed by atoms with van der Waals surface area (Å²) in [6.45, 7) is 2.85. The Kier molecular flexibility index (Phi) is 7.69. The van der Waals surface area contributed by atoms with Gasteiger partial charge in [-0.3, -0.25) is 10.1 Å². The molecule has 0 saturated carbocycles. The van der Waals surface area contributed by atoms with Crippen LogP contribution in [0.4, 0.5) is 5.13 Å². The van der Waals surface area contributed by atoms with Crippen molar-refractivity contribution in [1.29, 1.82) is 0 Å². The van der Waals surface area contributed by atoms with E-state index in [2.05, 4.69) is 17.2 Å². The molecule has 4 nitrogen and oxygen atoms in total. The fourth-order valence-electron chi connectivity index (χ4n) is 2.47. The van der Waals surface area contributed by atoms with Crippen LogP contribution in [0.3, 0.4) is 0 Å². The van der Waals surface area contributed by atoms with Gasteiger partial charge in [-0.1, -0.05) is 42.6 Å². The van der Waals surface area contributed by atoms with Crippen molar-refractivity contribution in [1.82, 2.24) is 4.98 Å². The first-order valence-corrected chi connectivity index (χ1v) is 10.8. The Balaban J connectivity index is 1.59. The predicted octanol–water partition coefficient (Wildman–Crippen LogP) is 6.95. The lowest BCUT2D eigenvalue weighted by Gasteiger charge is -2.05. The monoisotopic (exact) mass is 446 g/mol. The summed E-state index contributed by atoms with van der Waals surface area (Å²) in [4.78, 5) is 16.6. The summed E-state index contributed by atoms with van der Waals surface area (Å²) in [5.74, 6) is 0.563. The van der Waals surface area contributed by atoms with Gasteiger partial charge in [-0.05, 0) is 54.5 Å². The van der Waals surface area contributed by atoms with Crippen molar-refractivity contribution < 1.29 is 9.53 Å². The lowest BCUT2D eigenvalue weighted by Crippen LogP contribution is -2.07. The van der Waals surface area contributed by atoms with E-state index in [1.807, 2.05) is 29.6 Å². The second-order valence-corrected chi connectivity index (χ2v) is 7.95. The number of anilines is 1. The number of nitrogens with one attached hydrogen (secondary N) is 1. The standard InChI is InChI=1S/C22H20Cl2N2O2S/c1-2-3-12-28-18-9-5-16(6-10-18)20-14-29-22(25-20)26-21(27)11-7-15-4-8-17(23)13-19(15)24/h4-11,13-14H,2-3,12H2,1H3,(H,25,26,27). The molecule has 29 heavy (non-hydrogen) atoms. The second-order valence-electron chi connectivity index (χ2n) is 6.25. The fourth-order valence-corrected chi connectivity index (χ4v) is 3.66. The van der Waals surface area contributed by atoms with Crippen molar-refractivity contribution in [3.8, 4) is 17.0 Å². The summed E-state index contributed by atoms with van der Waals surface area (Å²) < 4.78 is 5.67. The minimum atomic E-state index is -0.281. The predicted molar refractivity (Wildman–Crippen MR) is 122 cm³/mol. The van der Waals surface area contributed by atoms with Crippen LogP contribution in [-0.2, 0) is 4.79 Å². The van der Waals surface area contributed by atoms with Gasteiger partial charge in [-0.2, -0.15) is 0 Å². The van der Waals surface area contributed by atoms with Crippen LogP contribution < -0.4 is 10.1 Å². The molecule has 7 heteroatoms.